The zero-order valence-electron chi connectivity index (χ0n) is 20.0. The van der Waals surface area contributed by atoms with E-state index in [4.69, 9.17) is 18.1 Å². The molecule has 0 saturated carbocycles. The maximum Gasteiger partial charge on any atom is 0.343 e. The molecule has 0 aromatic heterocycles. The molecule has 0 saturated heterocycles. The fourth-order valence-corrected chi connectivity index (χ4v) is 8.93. The first-order chi connectivity index (χ1) is 13.7. The lowest BCUT2D eigenvalue weighted by Gasteiger charge is -2.32. The van der Waals surface area contributed by atoms with Crippen molar-refractivity contribution in [2.45, 2.75) is 131 Å². The van der Waals surface area contributed by atoms with E-state index in [0.29, 0.717) is 51.4 Å². The van der Waals surface area contributed by atoms with Gasteiger partial charge < -0.3 is 18.1 Å². The average molecular weight is 457 g/mol. The highest BCUT2D eigenvalue weighted by Crippen LogP contribution is 2.66. The van der Waals surface area contributed by atoms with Crippen LogP contribution in [0.3, 0.4) is 0 Å². The summed E-state index contributed by atoms with van der Waals surface area (Å²) in [6, 6.07) is 0. The Labute approximate surface area is 179 Å². The van der Waals surface area contributed by atoms with Crippen LogP contribution in [0.1, 0.15) is 107 Å². The van der Waals surface area contributed by atoms with Gasteiger partial charge >= 0.3 is 15.2 Å². The summed E-state index contributed by atoms with van der Waals surface area (Å²) in [6.45, 7) is 15.9. The first-order valence-corrected chi connectivity index (χ1v) is 15.0. The Bertz CT molecular complexity index is 417. The van der Waals surface area contributed by atoms with Gasteiger partial charge in [-0.25, -0.2) is 0 Å². The minimum Gasteiger partial charge on any atom is -0.305 e. The maximum absolute atomic E-state index is 13.8. The lowest BCUT2D eigenvalue weighted by molar-refractivity contribution is 0.0945. The van der Waals surface area contributed by atoms with Gasteiger partial charge in [0.05, 0.1) is 24.4 Å². The quantitative estimate of drug-likeness (QED) is 0.194. The zero-order chi connectivity index (χ0) is 22.5. The van der Waals surface area contributed by atoms with Crippen LogP contribution < -0.4 is 0 Å². The highest BCUT2D eigenvalue weighted by Gasteiger charge is 2.43. The van der Waals surface area contributed by atoms with Gasteiger partial charge in [-0.05, 0) is 51.4 Å². The molecule has 0 rings (SSSR count). The third-order valence-electron chi connectivity index (χ3n) is 5.23. The molecule has 0 aliphatic rings. The lowest BCUT2D eigenvalue weighted by Crippen LogP contribution is -2.20. The third-order valence-corrected chi connectivity index (χ3v) is 10.5. The van der Waals surface area contributed by atoms with Crippen LogP contribution in [0, 0.1) is 0 Å². The van der Waals surface area contributed by atoms with Crippen LogP contribution in [-0.2, 0) is 27.2 Å². The van der Waals surface area contributed by atoms with Gasteiger partial charge in [-0.2, -0.15) is 0 Å². The van der Waals surface area contributed by atoms with E-state index >= 15 is 0 Å². The maximum atomic E-state index is 13.8. The predicted molar refractivity (Wildman–Crippen MR) is 122 cm³/mol. The van der Waals surface area contributed by atoms with Gasteiger partial charge in [0.25, 0.3) is 0 Å². The van der Waals surface area contributed by atoms with Crippen molar-refractivity contribution in [1.29, 1.82) is 0 Å². The summed E-state index contributed by atoms with van der Waals surface area (Å²) in [7, 11) is -7.37. The third kappa shape index (κ3) is 10.9. The topological polar surface area (TPSA) is 71.1 Å². The molecule has 0 fully saturated rings. The summed E-state index contributed by atoms with van der Waals surface area (Å²) in [4.78, 5) is 0. The van der Waals surface area contributed by atoms with E-state index in [1.165, 1.54) is 0 Å². The Morgan fingerprint density at radius 3 is 0.759 bits per heavy atom. The Hall–Kier alpha value is 0.300. The average Bonchev–Trinajstić information content (AvgIpc) is 2.72. The van der Waals surface area contributed by atoms with Crippen molar-refractivity contribution < 1.29 is 27.2 Å². The smallest absolute Gasteiger partial charge is 0.305 e. The fourth-order valence-electron chi connectivity index (χ4n) is 3.05. The second kappa shape index (κ2) is 15.2. The predicted octanol–water partition coefficient (Wildman–Crippen LogP) is 8.15. The largest absolute Gasteiger partial charge is 0.343 e. The number of hydrogen-bond donors (Lipinski definition) is 0. The van der Waals surface area contributed by atoms with E-state index in [1.807, 2.05) is 55.4 Å². The first kappa shape index (κ1) is 29.3. The minimum absolute atomic E-state index is 0.218. The molecule has 0 aromatic carbocycles. The summed E-state index contributed by atoms with van der Waals surface area (Å²) in [5.74, 6) is -0.333. The molecule has 0 aromatic rings. The van der Waals surface area contributed by atoms with Crippen molar-refractivity contribution in [2.75, 3.05) is 5.90 Å². The van der Waals surface area contributed by atoms with Gasteiger partial charge in [-0.15, -0.1) is 0 Å². The van der Waals surface area contributed by atoms with Gasteiger partial charge in [0.2, 0.25) is 0 Å². The Morgan fingerprint density at radius 2 is 0.621 bits per heavy atom. The highest BCUT2D eigenvalue weighted by atomic mass is 31.2. The van der Waals surface area contributed by atoms with Crippen molar-refractivity contribution in [3.8, 4) is 0 Å². The summed E-state index contributed by atoms with van der Waals surface area (Å²) in [6.07, 6.45) is 4.78. The summed E-state index contributed by atoms with van der Waals surface area (Å²) in [5, 5.41) is 0. The molecular formula is C21H46O6P2. The van der Waals surface area contributed by atoms with Gasteiger partial charge in [0.15, 0.2) is 5.90 Å². The Kier molecular flexibility index (Phi) is 15.3. The van der Waals surface area contributed by atoms with Crippen molar-refractivity contribution in [1.82, 2.24) is 0 Å². The normalized spacial score (nSPS) is 13.4. The van der Waals surface area contributed by atoms with E-state index in [1.54, 1.807) is 0 Å². The first-order valence-electron chi connectivity index (χ1n) is 11.6. The van der Waals surface area contributed by atoms with E-state index in [2.05, 4.69) is 0 Å². The second-order valence-corrected chi connectivity index (χ2v) is 12.0. The molecule has 0 aliphatic carbocycles. The molecule has 0 amide bonds. The van der Waals surface area contributed by atoms with E-state index in [-0.39, 0.29) is 30.3 Å². The Balaban J connectivity index is 5.90. The number of hydrogen-bond acceptors (Lipinski definition) is 6. The zero-order valence-corrected chi connectivity index (χ0v) is 21.8. The van der Waals surface area contributed by atoms with Gasteiger partial charge in [0.1, 0.15) is 0 Å². The van der Waals surface area contributed by atoms with Gasteiger partial charge in [-0.1, -0.05) is 55.4 Å². The lowest BCUT2D eigenvalue weighted by atomic mass is 10.2. The van der Waals surface area contributed by atoms with Crippen molar-refractivity contribution >= 4 is 15.2 Å². The molecular weight excluding hydrogens is 410 g/mol. The van der Waals surface area contributed by atoms with Crippen LogP contribution in [0.25, 0.3) is 0 Å². The van der Waals surface area contributed by atoms with Crippen LogP contribution in [-0.4, -0.2) is 30.3 Å². The molecule has 0 aliphatic heterocycles. The van der Waals surface area contributed by atoms with Gasteiger partial charge in [-0.3, -0.25) is 9.13 Å². The summed E-state index contributed by atoms with van der Waals surface area (Å²) in [5.41, 5.74) is 0. The molecule has 0 atom stereocenters. The molecule has 8 heteroatoms. The van der Waals surface area contributed by atoms with Crippen molar-refractivity contribution in [2.24, 2.45) is 0 Å². The summed E-state index contributed by atoms with van der Waals surface area (Å²) >= 11 is 0. The van der Waals surface area contributed by atoms with E-state index < -0.39 is 15.2 Å². The standard InChI is InChI=1S/C21H46O6P2/c1-9-18(10-2)24-28(22,25-19(11-3)12-4)17-29(23,26-20(13-5)14-6)27-21(15-7)16-8/h18-21H,9-17H2,1-8H3. The van der Waals surface area contributed by atoms with Crippen molar-refractivity contribution in [3.63, 3.8) is 0 Å². The summed E-state index contributed by atoms with van der Waals surface area (Å²) < 4.78 is 51.5. The fraction of sp³-hybridized carbons (Fsp3) is 1.00. The van der Waals surface area contributed by atoms with Crippen LogP contribution >= 0.6 is 15.2 Å². The second-order valence-electron chi connectivity index (χ2n) is 7.54. The highest BCUT2D eigenvalue weighted by molar-refractivity contribution is 7.71. The molecule has 0 radical (unpaired) electrons. The van der Waals surface area contributed by atoms with Crippen LogP contribution in [0.15, 0.2) is 0 Å². The SMILES string of the molecule is CCC(CC)OP(=O)(CP(=O)(OC(CC)CC)OC(CC)CC)OC(CC)CC. The van der Waals surface area contributed by atoms with Gasteiger partial charge in [0, 0.05) is 0 Å². The van der Waals surface area contributed by atoms with Crippen LogP contribution in [0.4, 0.5) is 0 Å². The minimum atomic E-state index is -3.69. The van der Waals surface area contributed by atoms with Crippen LogP contribution in [0.2, 0.25) is 0 Å². The van der Waals surface area contributed by atoms with E-state index in [0.717, 1.165) is 0 Å². The monoisotopic (exact) mass is 456 g/mol. The molecule has 0 bridgehead atoms. The van der Waals surface area contributed by atoms with Crippen LogP contribution in [0.5, 0.6) is 0 Å². The Morgan fingerprint density at radius 1 is 0.448 bits per heavy atom. The number of rotatable bonds is 18. The molecule has 176 valence electrons. The molecule has 0 unspecified atom stereocenters. The van der Waals surface area contributed by atoms with E-state index in [9.17, 15) is 9.13 Å². The van der Waals surface area contributed by atoms with Crippen molar-refractivity contribution in [3.05, 3.63) is 0 Å². The molecule has 0 N–H and O–H groups in total. The molecule has 29 heavy (non-hydrogen) atoms. The molecule has 0 spiro atoms. The molecule has 0 heterocycles. The molecule has 6 nitrogen and oxygen atoms in total.